The summed E-state index contributed by atoms with van der Waals surface area (Å²) in [5, 5.41) is 0. The summed E-state index contributed by atoms with van der Waals surface area (Å²) < 4.78 is 0. The molecule has 2 nitrogen and oxygen atoms in total. The van der Waals surface area contributed by atoms with Crippen LogP contribution in [-0.4, -0.2) is 9.97 Å². The van der Waals surface area contributed by atoms with Crippen molar-refractivity contribution in [3.05, 3.63) is 59.9 Å². The zero-order valence-electron chi connectivity index (χ0n) is 12.5. The lowest BCUT2D eigenvalue weighted by atomic mass is 10.0. The summed E-state index contributed by atoms with van der Waals surface area (Å²) in [5.74, 6) is 0. The molecule has 0 unspecified atom stereocenters. The molecule has 1 aromatic heterocycles. The minimum Gasteiger partial charge on any atom is -0.253 e. The molecule has 0 fully saturated rings. The lowest BCUT2D eigenvalue weighted by Gasteiger charge is -2.04. The van der Waals surface area contributed by atoms with E-state index < -0.39 is 0 Å². The Bertz CT molecular complexity index is 700. The molecular weight excluding hydrogens is 244 g/mol. The topological polar surface area (TPSA) is 25.8 Å². The summed E-state index contributed by atoms with van der Waals surface area (Å²) in [4.78, 5) is 8.88. The first-order valence-corrected chi connectivity index (χ1v) is 7.03. The molecule has 0 saturated carbocycles. The minimum absolute atomic E-state index is 0.943. The van der Waals surface area contributed by atoms with Crippen molar-refractivity contribution in [2.24, 2.45) is 0 Å². The largest absolute Gasteiger partial charge is 0.253 e. The van der Waals surface area contributed by atoms with Crippen LogP contribution in [0, 0.1) is 13.8 Å². The van der Waals surface area contributed by atoms with Gasteiger partial charge in [-0.2, -0.15) is 0 Å². The van der Waals surface area contributed by atoms with Gasteiger partial charge >= 0.3 is 0 Å². The molecule has 0 spiro atoms. The van der Waals surface area contributed by atoms with Gasteiger partial charge in [-0.25, -0.2) is 4.98 Å². The van der Waals surface area contributed by atoms with Gasteiger partial charge < -0.3 is 0 Å². The van der Waals surface area contributed by atoms with E-state index in [2.05, 4.69) is 53.3 Å². The van der Waals surface area contributed by atoms with Gasteiger partial charge in [0.2, 0.25) is 0 Å². The number of rotatable bonds is 1. The van der Waals surface area contributed by atoms with Gasteiger partial charge in [0.05, 0.1) is 16.7 Å². The number of hydrogen-bond donors (Lipinski definition) is 0. The number of aromatic nitrogens is 2. The molecule has 0 saturated heterocycles. The summed E-state index contributed by atoms with van der Waals surface area (Å²) in [6.45, 7) is 8.05. The molecule has 0 amide bonds. The Balaban J connectivity index is 0.000000704. The molecule has 0 N–H and O–H groups in total. The van der Waals surface area contributed by atoms with E-state index in [0.717, 1.165) is 16.7 Å². The van der Waals surface area contributed by atoms with Gasteiger partial charge in [-0.1, -0.05) is 49.7 Å². The molecule has 3 aromatic rings. The molecule has 0 aliphatic rings. The molecule has 3 rings (SSSR count). The summed E-state index contributed by atoms with van der Waals surface area (Å²) in [6.07, 6.45) is 1.81. The van der Waals surface area contributed by atoms with Gasteiger partial charge in [-0.3, -0.25) is 4.98 Å². The van der Waals surface area contributed by atoms with Crippen LogP contribution in [-0.2, 0) is 0 Å². The van der Waals surface area contributed by atoms with Crippen molar-refractivity contribution in [3.8, 4) is 11.1 Å². The number of nitrogens with zero attached hydrogens (tertiary/aromatic N) is 2. The predicted molar refractivity (Wildman–Crippen MR) is 85.8 cm³/mol. The van der Waals surface area contributed by atoms with Gasteiger partial charge in [0.15, 0.2) is 0 Å². The molecule has 0 atom stereocenters. The van der Waals surface area contributed by atoms with E-state index >= 15 is 0 Å². The maximum atomic E-state index is 4.46. The molecule has 0 aliphatic carbocycles. The van der Waals surface area contributed by atoms with Gasteiger partial charge in [-0.15, -0.1) is 0 Å². The maximum Gasteiger partial charge on any atom is 0.0893 e. The monoisotopic (exact) mass is 264 g/mol. The third-order valence-electron chi connectivity index (χ3n) is 3.05. The van der Waals surface area contributed by atoms with Crippen LogP contribution in [0.2, 0.25) is 0 Å². The smallest absolute Gasteiger partial charge is 0.0893 e. The zero-order valence-corrected chi connectivity index (χ0v) is 12.5. The highest BCUT2D eigenvalue weighted by atomic mass is 14.8. The summed E-state index contributed by atoms with van der Waals surface area (Å²) in [7, 11) is 0. The van der Waals surface area contributed by atoms with Gasteiger partial charge in [0.1, 0.15) is 0 Å². The van der Waals surface area contributed by atoms with E-state index in [1.807, 2.05) is 26.8 Å². The van der Waals surface area contributed by atoms with E-state index in [-0.39, 0.29) is 0 Å². The van der Waals surface area contributed by atoms with E-state index in [1.165, 1.54) is 16.7 Å². The number of hydrogen-bond acceptors (Lipinski definition) is 2. The summed E-state index contributed by atoms with van der Waals surface area (Å²) >= 11 is 0. The third kappa shape index (κ3) is 3.02. The lowest BCUT2D eigenvalue weighted by molar-refractivity contribution is 1.19. The van der Waals surface area contributed by atoms with Gasteiger partial charge in [0, 0.05) is 6.20 Å². The lowest BCUT2D eigenvalue weighted by Crippen LogP contribution is -1.88. The van der Waals surface area contributed by atoms with Crippen LogP contribution in [0.25, 0.3) is 22.2 Å². The fraction of sp³-hybridized carbons (Fsp3) is 0.222. The van der Waals surface area contributed by atoms with Crippen molar-refractivity contribution in [3.63, 3.8) is 0 Å². The number of benzene rings is 2. The highest BCUT2D eigenvalue weighted by Gasteiger charge is 2.01. The second-order valence-corrected chi connectivity index (χ2v) is 4.58. The molecule has 20 heavy (non-hydrogen) atoms. The number of aryl methyl sites for hydroxylation is 2. The SMILES string of the molecule is CC.Cc1ccc(-c2ccc3nc(C)cnc3c2)cc1. The van der Waals surface area contributed by atoms with E-state index in [4.69, 9.17) is 0 Å². The normalized spacial score (nSPS) is 10.0. The standard InChI is InChI=1S/C16H14N2.C2H6/c1-11-3-5-13(6-4-11)14-7-8-15-16(9-14)17-10-12(2)18-15;1-2/h3-10H,1-2H3;1-2H3. The van der Waals surface area contributed by atoms with E-state index in [1.54, 1.807) is 6.20 Å². The highest BCUT2D eigenvalue weighted by molar-refractivity contribution is 5.81. The van der Waals surface area contributed by atoms with E-state index in [0.29, 0.717) is 0 Å². The predicted octanol–water partition coefficient (Wildman–Crippen LogP) is 4.94. The summed E-state index contributed by atoms with van der Waals surface area (Å²) in [5.41, 5.74) is 6.51. The van der Waals surface area contributed by atoms with Crippen LogP contribution in [0.4, 0.5) is 0 Å². The van der Waals surface area contributed by atoms with Crippen LogP contribution in [0.3, 0.4) is 0 Å². The molecule has 0 aliphatic heterocycles. The van der Waals surface area contributed by atoms with Crippen LogP contribution in [0.5, 0.6) is 0 Å². The van der Waals surface area contributed by atoms with Crippen LogP contribution >= 0.6 is 0 Å². The van der Waals surface area contributed by atoms with Gasteiger partial charge in [-0.05, 0) is 37.1 Å². The summed E-state index contributed by atoms with van der Waals surface area (Å²) in [6, 6.07) is 14.7. The number of fused-ring (bicyclic) bond motifs is 1. The van der Waals surface area contributed by atoms with Crippen molar-refractivity contribution >= 4 is 11.0 Å². The minimum atomic E-state index is 0.943. The van der Waals surface area contributed by atoms with Crippen LogP contribution in [0.15, 0.2) is 48.7 Å². The first kappa shape index (κ1) is 14.2. The van der Waals surface area contributed by atoms with Crippen molar-refractivity contribution in [2.75, 3.05) is 0 Å². The molecule has 2 heteroatoms. The quantitative estimate of drug-likeness (QED) is 0.622. The van der Waals surface area contributed by atoms with Crippen molar-refractivity contribution < 1.29 is 0 Å². The first-order valence-electron chi connectivity index (χ1n) is 7.03. The van der Waals surface area contributed by atoms with Crippen LogP contribution in [0.1, 0.15) is 25.1 Å². The third-order valence-corrected chi connectivity index (χ3v) is 3.05. The molecule has 0 bridgehead atoms. The second-order valence-electron chi connectivity index (χ2n) is 4.58. The van der Waals surface area contributed by atoms with Crippen molar-refractivity contribution in [1.29, 1.82) is 0 Å². The molecule has 102 valence electrons. The Morgan fingerprint density at radius 3 is 2.10 bits per heavy atom. The highest BCUT2D eigenvalue weighted by Crippen LogP contribution is 2.23. The molecule has 0 radical (unpaired) electrons. The average molecular weight is 264 g/mol. The molecular formula is C18H20N2. The maximum absolute atomic E-state index is 4.46. The average Bonchev–Trinajstić information content (AvgIpc) is 2.49. The fourth-order valence-corrected chi connectivity index (χ4v) is 2.03. The Hall–Kier alpha value is -2.22. The fourth-order valence-electron chi connectivity index (χ4n) is 2.03. The van der Waals surface area contributed by atoms with Crippen molar-refractivity contribution in [1.82, 2.24) is 9.97 Å². The molecule has 2 aromatic carbocycles. The molecule has 1 heterocycles. The van der Waals surface area contributed by atoms with Crippen molar-refractivity contribution in [2.45, 2.75) is 27.7 Å². The Labute approximate surface area is 120 Å². The Morgan fingerprint density at radius 1 is 0.750 bits per heavy atom. The zero-order chi connectivity index (χ0) is 14.5. The van der Waals surface area contributed by atoms with Crippen LogP contribution < -0.4 is 0 Å². The second kappa shape index (κ2) is 6.29. The van der Waals surface area contributed by atoms with E-state index in [9.17, 15) is 0 Å². The Morgan fingerprint density at radius 2 is 1.40 bits per heavy atom. The van der Waals surface area contributed by atoms with Gasteiger partial charge in [0.25, 0.3) is 0 Å². The Kier molecular flexibility index (Phi) is 4.46. The first-order chi connectivity index (χ1) is 9.72.